The van der Waals surface area contributed by atoms with Gasteiger partial charge >= 0.3 is 0 Å². The standard InChI is InChI=1S/C17H18N2O2/c1-3-13-6-8-14(9-7-13)15-11-16(17-5-4-10-21-17)19(18-15)12(2)20/h4-10,16H,3,11H2,1-2H3/t16-/m1/s1. The van der Waals surface area contributed by atoms with E-state index in [1.54, 1.807) is 6.26 Å². The summed E-state index contributed by atoms with van der Waals surface area (Å²) in [5, 5.41) is 6.01. The van der Waals surface area contributed by atoms with E-state index in [4.69, 9.17) is 4.42 Å². The van der Waals surface area contributed by atoms with Crippen LogP contribution in [0.3, 0.4) is 0 Å². The van der Waals surface area contributed by atoms with Gasteiger partial charge in [0, 0.05) is 13.3 Å². The molecule has 1 atom stereocenters. The Morgan fingerprint density at radius 2 is 2.10 bits per heavy atom. The zero-order valence-corrected chi connectivity index (χ0v) is 12.2. The van der Waals surface area contributed by atoms with Crippen molar-refractivity contribution >= 4 is 11.6 Å². The van der Waals surface area contributed by atoms with E-state index in [2.05, 4.69) is 36.3 Å². The Kier molecular flexibility index (Phi) is 3.60. The Balaban J connectivity index is 1.89. The fraction of sp³-hybridized carbons (Fsp3) is 0.294. The van der Waals surface area contributed by atoms with Gasteiger partial charge in [-0.3, -0.25) is 4.79 Å². The highest BCUT2D eigenvalue weighted by Gasteiger charge is 2.33. The molecule has 4 heteroatoms. The van der Waals surface area contributed by atoms with Gasteiger partial charge in [-0.2, -0.15) is 5.10 Å². The molecular formula is C17H18N2O2. The smallest absolute Gasteiger partial charge is 0.240 e. The minimum atomic E-state index is -0.140. The third-order valence-corrected chi connectivity index (χ3v) is 3.80. The number of amides is 1. The number of carbonyl (C=O) groups is 1. The second kappa shape index (κ2) is 5.56. The van der Waals surface area contributed by atoms with Crippen LogP contribution in [0.15, 0.2) is 52.2 Å². The molecule has 0 N–H and O–H groups in total. The fourth-order valence-electron chi connectivity index (χ4n) is 2.61. The first-order valence-corrected chi connectivity index (χ1v) is 7.19. The molecule has 108 valence electrons. The topological polar surface area (TPSA) is 45.8 Å². The van der Waals surface area contributed by atoms with E-state index in [1.165, 1.54) is 17.5 Å². The summed E-state index contributed by atoms with van der Waals surface area (Å²) < 4.78 is 5.45. The predicted octanol–water partition coefficient (Wildman–Crippen LogP) is 3.54. The van der Waals surface area contributed by atoms with Crippen LogP contribution in [0.25, 0.3) is 0 Å². The van der Waals surface area contributed by atoms with Crippen molar-refractivity contribution in [3.8, 4) is 0 Å². The average Bonchev–Trinajstić information content (AvgIpc) is 3.16. The van der Waals surface area contributed by atoms with E-state index in [0.29, 0.717) is 6.42 Å². The lowest BCUT2D eigenvalue weighted by Crippen LogP contribution is -2.23. The third-order valence-electron chi connectivity index (χ3n) is 3.80. The Morgan fingerprint density at radius 1 is 1.33 bits per heavy atom. The first-order chi connectivity index (χ1) is 10.2. The number of furan rings is 1. The van der Waals surface area contributed by atoms with Crippen molar-refractivity contribution in [2.45, 2.75) is 32.7 Å². The molecule has 0 unspecified atom stereocenters. The van der Waals surface area contributed by atoms with E-state index in [0.717, 1.165) is 23.5 Å². The van der Waals surface area contributed by atoms with Crippen LogP contribution >= 0.6 is 0 Å². The molecule has 0 saturated heterocycles. The largest absolute Gasteiger partial charge is 0.467 e. The van der Waals surface area contributed by atoms with Crippen molar-refractivity contribution in [2.75, 3.05) is 0 Å². The van der Waals surface area contributed by atoms with Crippen molar-refractivity contribution in [3.63, 3.8) is 0 Å². The highest BCUT2D eigenvalue weighted by Crippen LogP contribution is 2.32. The summed E-state index contributed by atoms with van der Waals surface area (Å²) in [6, 6.07) is 11.9. The number of hydrogen-bond acceptors (Lipinski definition) is 3. The predicted molar refractivity (Wildman–Crippen MR) is 80.9 cm³/mol. The van der Waals surface area contributed by atoms with Crippen molar-refractivity contribution < 1.29 is 9.21 Å². The maximum Gasteiger partial charge on any atom is 0.240 e. The molecule has 21 heavy (non-hydrogen) atoms. The van der Waals surface area contributed by atoms with Gasteiger partial charge in [0.1, 0.15) is 11.8 Å². The molecule has 0 spiro atoms. The molecule has 1 aliphatic heterocycles. The van der Waals surface area contributed by atoms with Gasteiger partial charge in [0.25, 0.3) is 0 Å². The molecule has 0 bridgehead atoms. The van der Waals surface area contributed by atoms with E-state index in [9.17, 15) is 4.79 Å². The van der Waals surface area contributed by atoms with Crippen LogP contribution in [0.1, 0.15) is 43.2 Å². The molecule has 3 rings (SSSR count). The van der Waals surface area contributed by atoms with Gasteiger partial charge in [-0.1, -0.05) is 31.2 Å². The molecule has 1 aromatic carbocycles. The monoisotopic (exact) mass is 282 g/mol. The lowest BCUT2D eigenvalue weighted by molar-refractivity contribution is -0.130. The minimum Gasteiger partial charge on any atom is -0.467 e. The van der Waals surface area contributed by atoms with Crippen LogP contribution in [0.2, 0.25) is 0 Å². The average molecular weight is 282 g/mol. The van der Waals surface area contributed by atoms with Gasteiger partial charge in [-0.05, 0) is 29.7 Å². The Bertz CT molecular complexity index is 657. The van der Waals surface area contributed by atoms with Crippen molar-refractivity contribution in [3.05, 3.63) is 59.5 Å². The van der Waals surface area contributed by atoms with Crippen LogP contribution in [0.4, 0.5) is 0 Å². The number of hydrazone groups is 1. The van der Waals surface area contributed by atoms with Crippen LogP contribution in [0.5, 0.6) is 0 Å². The molecule has 0 aliphatic carbocycles. The Labute approximate surface area is 124 Å². The van der Waals surface area contributed by atoms with E-state index in [1.807, 2.05) is 12.1 Å². The molecule has 1 aliphatic rings. The first-order valence-electron chi connectivity index (χ1n) is 7.19. The minimum absolute atomic E-state index is 0.0726. The van der Waals surface area contributed by atoms with Gasteiger partial charge in [-0.15, -0.1) is 0 Å². The quantitative estimate of drug-likeness (QED) is 0.864. The maximum absolute atomic E-state index is 11.8. The number of aryl methyl sites for hydroxylation is 1. The van der Waals surface area contributed by atoms with Gasteiger partial charge in [-0.25, -0.2) is 5.01 Å². The van der Waals surface area contributed by atoms with Crippen LogP contribution in [-0.2, 0) is 11.2 Å². The molecule has 0 fully saturated rings. The summed E-state index contributed by atoms with van der Waals surface area (Å²) in [5.74, 6) is 0.700. The van der Waals surface area contributed by atoms with E-state index < -0.39 is 0 Å². The molecule has 1 aromatic heterocycles. The highest BCUT2D eigenvalue weighted by molar-refractivity contribution is 6.03. The fourth-order valence-corrected chi connectivity index (χ4v) is 2.61. The van der Waals surface area contributed by atoms with E-state index >= 15 is 0 Å². The molecular weight excluding hydrogens is 264 g/mol. The second-order valence-corrected chi connectivity index (χ2v) is 5.20. The van der Waals surface area contributed by atoms with Crippen molar-refractivity contribution in [1.29, 1.82) is 0 Å². The number of carbonyl (C=O) groups excluding carboxylic acids is 1. The number of nitrogens with zero attached hydrogens (tertiary/aromatic N) is 2. The molecule has 0 radical (unpaired) electrons. The highest BCUT2D eigenvalue weighted by atomic mass is 16.3. The van der Waals surface area contributed by atoms with Gasteiger partial charge < -0.3 is 4.42 Å². The van der Waals surface area contributed by atoms with Crippen LogP contribution in [-0.4, -0.2) is 16.6 Å². The second-order valence-electron chi connectivity index (χ2n) is 5.20. The summed E-state index contributed by atoms with van der Waals surface area (Å²) in [5.41, 5.74) is 3.28. The van der Waals surface area contributed by atoms with Gasteiger partial charge in [0.05, 0.1) is 12.0 Å². The summed E-state index contributed by atoms with van der Waals surface area (Å²) in [7, 11) is 0. The molecule has 1 amide bonds. The summed E-state index contributed by atoms with van der Waals surface area (Å²) in [4.78, 5) is 11.8. The van der Waals surface area contributed by atoms with Crippen molar-refractivity contribution in [2.24, 2.45) is 5.10 Å². The first kappa shape index (κ1) is 13.6. The molecule has 2 heterocycles. The molecule has 2 aromatic rings. The Hall–Kier alpha value is -2.36. The summed E-state index contributed by atoms with van der Waals surface area (Å²) in [6.45, 7) is 3.66. The zero-order valence-electron chi connectivity index (χ0n) is 12.2. The molecule has 0 saturated carbocycles. The Morgan fingerprint density at radius 3 is 2.67 bits per heavy atom. The van der Waals surface area contributed by atoms with Crippen LogP contribution < -0.4 is 0 Å². The number of hydrogen-bond donors (Lipinski definition) is 0. The lowest BCUT2D eigenvalue weighted by atomic mass is 10.0. The van der Waals surface area contributed by atoms with Crippen molar-refractivity contribution in [1.82, 2.24) is 5.01 Å². The number of benzene rings is 1. The summed E-state index contributed by atoms with van der Waals surface area (Å²) in [6.07, 6.45) is 3.32. The molecule has 4 nitrogen and oxygen atoms in total. The third kappa shape index (κ3) is 2.61. The SMILES string of the molecule is CCc1ccc(C2=NN(C(C)=O)[C@@H](c3ccco3)C2)cc1. The normalized spacial score (nSPS) is 17.9. The zero-order chi connectivity index (χ0) is 14.8. The maximum atomic E-state index is 11.8. The van der Waals surface area contributed by atoms with Gasteiger partial charge in [0.2, 0.25) is 5.91 Å². The number of rotatable bonds is 3. The van der Waals surface area contributed by atoms with E-state index in [-0.39, 0.29) is 11.9 Å². The summed E-state index contributed by atoms with van der Waals surface area (Å²) >= 11 is 0. The van der Waals surface area contributed by atoms with Crippen LogP contribution in [0, 0.1) is 0 Å². The van der Waals surface area contributed by atoms with Gasteiger partial charge in [0.15, 0.2) is 0 Å². The lowest BCUT2D eigenvalue weighted by Gasteiger charge is -2.17.